The van der Waals surface area contributed by atoms with Crippen molar-refractivity contribution >= 4 is 30.0 Å². The second-order valence-electron chi connectivity index (χ2n) is 7.88. The summed E-state index contributed by atoms with van der Waals surface area (Å²) in [6.45, 7) is 5.50. The molecule has 1 aliphatic heterocycles. The normalized spacial score (nSPS) is 17.2. The molecule has 1 aromatic rings. The van der Waals surface area contributed by atoms with Crippen LogP contribution in [-0.2, 0) is 19.2 Å². The van der Waals surface area contributed by atoms with Crippen LogP contribution in [0, 0.1) is 13.8 Å². The number of carbonyl (C=O) groups excluding carboxylic acids is 4. The van der Waals surface area contributed by atoms with E-state index in [0.717, 1.165) is 11.1 Å². The van der Waals surface area contributed by atoms with Gasteiger partial charge in [0.1, 0.15) is 24.1 Å². The van der Waals surface area contributed by atoms with Crippen molar-refractivity contribution in [2.45, 2.75) is 58.2 Å². The first-order chi connectivity index (χ1) is 15.1. The first kappa shape index (κ1) is 24.8. The lowest BCUT2D eigenvalue weighted by molar-refractivity contribution is -0.141. The Morgan fingerprint density at radius 3 is 2.38 bits per heavy atom. The number of hydrogen-bond acceptors (Lipinski definition) is 6. The molecule has 3 N–H and O–H groups in total. The van der Waals surface area contributed by atoms with Crippen LogP contribution in [-0.4, -0.2) is 71.8 Å². The third-order valence-corrected chi connectivity index (χ3v) is 5.37. The number of likely N-dealkylation sites (tertiary alicyclic amines) is 1. The predicted molar refractivity (Wildman–Crippen MR) is 114 cm³/mol. The fraction of sp³-hybridized carbons (Fsp3) is 0.500. The van der Waals surface area contributed by atoms with E-state index in [-0.39, 0.29) is 0 Å². The van der Waals surface area contributed by atoms with Crippen LogP contribution in [0.1, 0.15) is 47.7 Å². The zero-order valence-electron chi connectivity index (χ0n) is 18.6. The first-order valence-electron chi connectivity index (χ1n) is 10.3. The SMILES string of the molecule is COc1c(C)cc(C(=O)N[C@@H](C)C(=O)N2CCC[C@H]2C(=O)N[C@H](C=O)CC(=O)O)cc1C. The maximum Gasteiger partial charge on any atom is 0.305 e. The molecule has 1 aliphatic rings. The summed E-state index contributed by atoms with van der Waals surface area (Å²) in [5.41, 5.74) is 1.97. The molecule has 2 rings (SSSR count). The van der Waals surface area contributed by atoms with E-state index in [0.29, 0.717) is 37.0 Å². The molecule has 174 valence electrons. The molecule has 1 saturated heterocycles. The lowest BCUT2D eigenvalue weighted by Crippen LogP contribution is -2.54. The number of carboxylic acid groups (broad SMARTS) is 1. The number of nitrogens with one attached hydrogen (secondary N) is 2. The molecule has 0 bridgehead atoms. The van der Waals surface area contributed by atoms with Gasteiger partial charge in [0.2, 0.25) is 11.8 Å². The smallest absolute Gasteiger partial charge is 0.305 e. The molecule has 3 atom stereocenters. The minimum absolute atomic E-state index is 0.322. The zero-order valence-corrected chi connectivity index (χ0v) is 18.6. The van der Waals surface area contributed by atoms with Crippen LogP contribution in [0.25, 0.3) is 0 Å². The minimum atomic E-state index is -1.22. The van der Waals surface area contributed by atoms with Crippen molar-refractivity contribution in [3.8, 4) is 5.75 Å². The lowest BCUT2D eigenvalue weighted by Gasteiger charge is -2.28. The molecule has 1 aromatic carbocycles. The number of amides is 3. The Hall–Kier alpha value is -3.43. The van der Waals surface area contributed by atoms with Gasteiger partial charge in [-0.15, -0.1) is 0 Å². The van der Waals surface area contributed by atoms with Gasteiger partial charge in [0, 0.05) is 12.1 Å². The fourth-order valence-corrected chi connectivity index (χ4v) is 3.90. The number of ether oxygens (including phenoxy) is 1. The molecule has 0 unspecified atom stereocenters. The van der Waals surface area contributed by atoms with E-state index in [9.17, 15) is 24.0 Å². The number of carboxylic acids is 1. The van der Waals surface area contributed by atoms with Crippen molar-refractivity contribution in [2.24, 2.45) is 0 Å². The van der Waals surface area contributed by atoms with Crippen molar-refractivity contribution in [3.05, 3.63) is 28.8 Å². The molecule has 10 nitrogen and oxygen atoms in total. The third kappa shape index (κ3) is 5.83. The zero-order chi connectivity index (χ0) is 24.0. The van der Waals surface area contributed by atoms with Gasteiger partial charge in [-0.2, -0.15) is 0 Å². The maximum absolute atomic E-state index is 12.9. The molecular formula is C22H29N3O7. The molecule has 10 heteroatoms. The van der Waals surface area contributed by atoms with Crippen molar-refractivity contribution in [3.63, 3.8) is 0 Å². The molecule has 1 fully saturated rings. The molecule has 0 radical (unpaired) electrons. The van der Waals surface area contributed by atoms with E-state index < -0.39 is 48.2 Å². The number of aliphatic carboxylic acids is 1. The maximum atomic E-state index is 12.9. The summed E-state index contributed by atoms with van der Waals surface area (Å²) < 4.78 is 5.30. The predicted octanol–water partition coefficient (Wildman–Crippen LogP) is 0.580. The summed E-state index contributed by atoms with van der Waals surface area (Å²) in [6.07, 6.45) is 0.775. The van der Waals surface area contributed by atoms with Gasteiger partial charge in [-0.3, -0.25) is 19.2 Å². The number of methoxy groups -OCH3 is 1. The van der Waals surface area contributed by atoms with Crippen molar-refractivity contribution in [1.29, 1.82) is 0 Å². The fourth-order valence-electron chi connectivity index (χ4n) is 3.90. The molecule has 0 aromatic heterocycles. The van der Waals surface area contributed by atoms with Crippen LogP contribution in [0.4, 0.5) is 0 Å². The van der Waals surface area contributed by atoms with Gasteiger partial charge in [-0.25, -0.2) is 0 Å². The van der Waals surface area contributed by atoms with E-state index >= 15 is 0 Å². The summed E-state index contributed by atoms with van der Waals surface area (Å²) in [4.78, 5) is 61.4. The number of carbonyl (C=O) groups is 5. The van der Waals surface area contributed by atoms with Crippen LogP contribution in [0.5, 0.6) is 5.75 Å². The summed E-state index contributed by atoms with van der Waals surface area (Å²) in [5.74, 6) is -1.98. The molecule has 0 spiro atoms. The number of rotatable bonds is 9. The Bertz CT molecular complexity index is 892. The molecule has 0 saturated carbocycles. The number of aryl methyl sites for hydroxylation is 2. The molecule has 32 heavy (non-hydrogen) atoms. The molecule has 0 aliphatic carbocycles. The highest BCUT2D eigenvalue weighted by Gasteiger charge is 2.37. The quantitative estimate of drug-likeness (QED) is 0.470. The van der Waals surface area contributed by atoms with E-state index in [1.165, 1.54) is 11.8 Å². The van der Waals surface area contributed by atoms with Crippen LogP contribution in [0.15, 0.2) is 12.1 Å². The van der Waals surface area contributed by atoms with E-state index in [1.54, 1.807) is 19.2 Å². The van der Waals surface area contributed by atoms with Gasteiger partial charge < -0.3 is 30.2 Å². The highest BCUT2D eigenvalue weighted by Crippen LogP contribution is 2.24. The van der Waals surface area contributed by atoms with Crippen molar-refractivity contribution in [1.82, 2.24) is 15.5 Å². The van der Waals surface area contributed by atoms with Crippen LogP contribution in [0.2, 0.25) is 0 Å². The lowest BCUT2D eigenvalue weighted by atomic mass is 10.0. The average molecular weight is 447 g/mol. The largest absolute Gasteiger partial charge is 0.496 e. The topological polar surface area (TPSA) is 142 Å². The highest BCUT2D eigenvalue weighted by atomic mass is 16.5. The van der Waals surface area contributed by atoms with Crippen LogP contribution < -0.4 is 15.4 Å². The van der Waals surface area contributed by atoms with E-state index in [2.05, 4.69) is 10.6 Å². The second kappa shape index (κ2) is 10.7. The number of hydrogen-bond donors (Lipinski definition) is 3. The number of nitrogens with zero attached hydrogens (tertiary/aromatic N) is 1. The Balaban J connectivity index is 2.06. The number of benzene rings is 1. The average Bonchev–Trinajstić information content (AvgIpc) is 3.21. The summed E-state index contributed by atoms with van der Waals surface area (Å²) in [5, 5.41) is 13.9. The second-order valence-corrected chi connectivity index (χ2v) is 7.88. The van der Waals surface area contributed by atoms with Gasteiger partial charge in [0.15, 0.2) is 0 Å². The summed E-state index contributed by atoms with van der Waals surface area (Å²) >= 11 is 0. The standard InChI is InChI=1S/C22H29N3O7/c1-12-8-15(9-13(2)19(12)32-4)20(29)23-14(3)22(31)25-7-5-6-17(25)21(30)24-16(11-26)10-18(27)28/h8-9,11,14,16-17H,5-7,10H2,1-4H3,(H,23,29)(H,24,30)(H,27,28)/t14-,16-,17-/m0/s1. The Morgan fingerprint density at radius 1 is 1.22 bits per heavy atom. The summed E-state index contributed by atoms with van der Waals surface area (Å²) in [6, 6.07) is 0.457. The van der Waals surface area contributed by atoms with E-state index in [1.807, 2.05) is 13.8 Å². The van der Waals surface area contributed by atoms with Gasteiger partial charge in [-0.1, -0.05) is 0 Å². The third-order valence-electron chi connectivity index (χ3n) is 5.37. The molecule has 3 amide bonds. The van der Waals surface area contributed by atoms with Crippen LogP contribution >= 0.6 is 0 Å². The Kier molecular flexibility index (Phi) is 8.34. The van der Waals surface area contributed by atoms with Gasteiger partial charge in [-0.05, 0) is 56.9 Å². The highest BCUT2D eigenvalue weighted by molar-refractivity contribution is 5.99. The Morgan fingerprint density at radius 2 is 1.84 bits per heavy atom. The molecule has 1 heterocycles. The molecular weight excluding hydrogens is 418 g/mol. The Labute approximate surface area is 186 Å². The van der Waals surface area contributed by atoms with E-state index in [4.69, 9.17) is 9.84 Å². The van der Waals surface area contributed by atoms with Crippen molar-refractivity contribution < 1.29 is 33.8 Å². The van der Waals surface area contributed by atoms with Gasteiger partial charge >= 0.3 is 5.97 Å². The first-order valence-corrected chi connectivity index (χ1v) is 10.3. The summed E-state index contributed by atoms with van der Waals surface area (Å²) in [7, 11) is 1.55. The van der Waals surface area contributed by atoms with Gasteiger partial charge in [0.05, 0.1) is 19.6 Å². The van der Waals surface area contributed by atoms with Crippen molar-refractivity contribution in [2.75, 3.05) is 13.7 Å². The number of aldehydes is 1. The van der Waals surface area contributed by atoms with Gasteiger partial charge in [0.25, 0.3) is 5.91 Å². The monoisotopic (exact) mass is 447 g/mol. The minimum Gasteiger partial charge on any atom is -0.496 e. The van der Waals surface area contributed by atoms with Crippen LogP contribution in [0.3, 0.4) is 0 Å².